The van der Waals surface area contributed by atoms with Gasteiger partial charge < -0.3 is 5.32 Å². The molecule has 18 heavy (non-hydrogen) atoms. The summed E-state index contributed by atoms with van der Waals surface area (Å²) >= 11 is 3.30. The van der Waals surface area contributed by atoms with Gasteiger partial charge in [-0.3, -0.25) is 0 Å². The van der Waals surface area contributed by atoms with Crippen molar-refractivity contribution in [1.29, 1.82) is 5.26 Å². The van der Waals surface area contributed by atoms with E-state index in [1.807, 2.05) is 12.3 Å². The first-order valence-corrected chi connectivity index (χ1v) is 7.04. The van der Waals surface area contributed by atoms with E-state index in [9.17, 15) is 0 Å². The van der Waals surface area contributed by atoms with Crippen LogP contribution in [0, 0.1) is 23.2 Å². The van der Waals surface area contributed by atoms with Crippen molar-refractivity contribution in [2.75, 3.05) is 13.1 Å². The summed E-state index contributed by atoms with van der Waals surface area (Å²) in [5.41, 5.74) is 3.07. The Morgan fingerprint density at radius 3 is 3.17 bits per heavy atom. The van der Waals surface area contributed by atoms with Crippen LogP contribution in [0.3, 0.4) is 0 Å². The summed E-state index contributed by atoms with van der Waals surface area (Å²) in [6.45, 7) is 2.23. The normalized spacial score (nSPS) is 26.3. The zero-order valence-corrected chi connectivity index (χ0v) is 11.6. The Balaban J connectivity index is 1.90. The van der Waals surface area contributed by atoms with Crippen LogP contribution in [-0.2, 0) is 0 Å². The lowest BCUT2D eigenvalue weighted by Crippen LogP contribution is -2.33. The van der Waals surface area contributed by atoms with Crippen molar-refractivity contribution < 1.29 is 0 Å². The summed E-state index contributed by atoms with van der Waals surface area (Å²) in [4.78, 5) is 4.25. The number of nitrogens with zero attached hydrogens (tertiary/aromatic N) is 2. The number of halogens is 1. The number of fused-ring (bicyclic) bond motifs is 1. The van der Waals surface area contributed by atoms with Crippen LogP contribution in [0.5, 0.6) is 0 Å². The Bertz CT molecular complexity index is 544. The monoisotopic (exact) mass is 303 g/mol. The average Bonchev–Trinajstić information content (AvgIpc) is 2.83. The molecule has 1 fully saturated rings. The molecule has 2 aliphatic rings. The molecule has 4 heteroatoms. The first kappa shape index (κ1) is 11.9. The lowest BCUT2D eigenvalue weighted by molar-refractivity contribution is 0.324. The SMILES string of the molecule is N#Cc1cc(C2=C[C@@H]3CCNC[C@@H]3C2)cnc1Br. The van der Waals surface area contributed by atoms with Crippen molar-refractivity contribution in [3.05, 3.63) is 34.1 Å². The minimum absolute atomic E-state index is 0.612. The maximum Gasteiger partial charge on any atom is 0.123 e. The fourth-order valence-corrected chi connectivity index (χ4v) is 3.22. The van der Waals surface area contributed by atoms with Gasteiger partial charge >= 0.3 is 0 Å². The molecule has 0 unspecified atom stereocenters. The molecule has 3 nitrogen and oxygen atoms in total. The Morgan fingerprint density at radius 1 is 1.50 bits per heavy atom. The molecule has 1 aliphatic heterocycles. The quantitative estimate of drug-likeness (QED) is 0.812. The molecule has 1 saturated heterocycles. The van der Waals surface area contributed by atoms with Gasteiger partial charge in [0.05, 0.1) is 5.56 Å². The number of hydrogen-bond acceptors (Lipinski definition) is 3. The molecule has 1 aromatic rings. The number of hydrogen-bond donors (Lipinski definition) is 1. The second-order valence-electron chi connectivity index (χ2n) is 4.99. The molecule has 92 valence electrons. The summed E-state index contributed by atoms with van der Waals surface area (Å²) in [6, 6.07) is 4.11. The molecule has 0 amide bonds. The summed E-state index contributed by atoms with van der Waals surface area (Å²) in [6.07, 6.45) is 6.58. The third-order valence-corrected chi connectivity index (χ3v) is 4.53. The molecule has 2 heterocycles. The Labute approximate surface area is 115 Å². The Kier molecular flexibility index (Phi) is 3.19. The predicted molar refractivity (Wildman–Crippen MR) is 73.7 cm³/mol. The van der Waals surface area contributed by atoms with Crippen LogP contribution in [0.1, 0.15) is 24.0 Å². The molecule has 0 radical (unpaired) electrons. The largest absolute Gasteiger partial charge is 0.316 e. The summed E-state index contributed by atoms with van der Waals surface area (Å²) in [5.74, 6) is 1.43. The molecular weight excluding hydrogens is 290 g/mol. The lowest BCUT2D eigenvalue weighted by atomic mass is 9.89. The number of pyridine rings is 1. The van der Waals surface area contributed by atoms with Gasteiger partial charge in [0.1, 0.15) is 10.7 Å². The number of piperidine rings is 1. The van der Waals surface area contributed by atoms with Crippen LogP contribution in [0.15, 0.2) is 22.9 Å². The molecule has 1 aromatic heterocycles. The Hall–Kier alpha value is -1.18. The van der Waals surface area contributed by atoms with Crippen molar-refractivity contribution in [3.63, 3.8) is 0 Å². The first-order valence-electron chi connectivity index (χ1n) is 6.25. The number of aromatic nitrogens is 1. The van der Waals surface area contributed by atoms with Gasteiger partial charge in [-0.05, 0) is 70.9 Å². The van der Waals surface area contributed by atoms with Gasteiger partial charge in [-0.1, -0.05) is 6.08 Å². The van der Waals surface area contributed by atoms with E-state index < -0.39 is 0 Å². The van der Waals surface area contributed by atoms with Crippen molar-refractivity contribution in [3.8, 4) is 6.07 Å². The fraction of sp³-hybridized carbons (Fsp3) is 0.429. The van der Waals surface area contributed by atoms with Crippen LogP contribution in [-0.4, -0.2) is 18.1 Å². The van der Waals surface area contributed by atoms with E-state index in [-0.39, 0.29) is 0 Å². The van der Waals surface area contributed by atoms with Crippen molar-refractivity contribution in [1.82, 2.24) is 10.3 Å². The molecule has 0 saturated carbocycles. The topological polar surface area (TPSA) is 48.7 Å². The average molecular weight is 304 g/mol. The van der Waals surface area contributed by atoms with E-state index in [1.54, 1.807) is 0 Å². The zero-order chi connectivity index (χ0) is 12.5. The second kappa shape index (κ2) is 4.83. The maximum absolute atomic E-state index is 9.04. The third kappa shape index (κ3) is 2.09. The van der Waals surface area contributed by atoms with E-state index in [4.69, 9.17) is 5.26 Å². The molecule has 0 aromatic carbocycles. The third-order valence-electron chi connectivity index (χ3n) is 3.89. The van der Waals surface area contributed by atoms with Crippen molar-refractivity contribution in [2.24, 2.45) is 11.8 Å². The van der Waals surface area contributed by atoms with Crippen LogP contribution in [0.25, 0.3) is 5.57 Å². The number of nitriles is 1. The van der Waals surface area contributed by atoms with Gasteiger partial charge in [0.25, 0.3) is 0 Å². The summed E-state index contributed by atoms with van der Waals surface area (Å²) in [7, 11) is 0. The fourth-order valence-electron chi connectivity index (χ4n) is 2.91. The smallest absolute Gasteiger partial charge is 0.123 e. The molecule has 1 aliphatic carbocycles. The molecule has 0 bridgehead atoms. The number of nitrogens with one attached hydrogen (secondary N) is 1. The highest BCUT2D eigenvalue weighted by Gasteiger charge is 2.30. The van der Waals surface area contributed by atoms with Crippen LogP contribution >= 0.6 is 15.9 Å². The minimum Gasteiger partial charge on any atom is -0.316 e. The van der Waals surface area contributed by atoms with Crippen LogP contribution < -0.4 is 5.32 Å². The van der Waals surface area contributed by atoms with E-state index in [2.05, 4.69) is 38.4 Å². The molecule has 2 atom stereocenters. The molecule has 3 rings (SSSR count). The van der Waals surface area contributed by atoms with Crippen LogP contribution in [0.4, 0.5) is 0 Å². The lowest BCUT2D eigenvalue weighted by Gasteiger charge is -2.25. The Morgan fingerprint density at radius 2 is 2.39 bits per heavy atom. The van der Waals surface area contributed by atoms with Crippen molar-refractivity contribution in [2.45, 2.75) is 12.8 Å². The minimum atomic E-state index is 0.612. The number of rotatable bonds is 1. The van der Waals surface area contributed by atoms with Gasteiger partial charge in [-0.2, -0.15) is 5.26 Å². The highest BCUT2D eigenvalue weighted by molar-refractivity contribution is 9.10. The zero-order valence-electron chi connectivity index (χ0n) is 9.99. The van der Waals surface area contributed by atoms with Gasteiger partial charge in [-0.15, -0.1) is 0 Å². The van der Waals surface area contributed by atoms with E-state index in [1.165, 1.54) is 12.0 Å². The molecule has 1 N–H and O–H groups in total. The standard InChI is InChI=1S/C14H14BrN3/c15-14-11(6-16)5-13(8-18-14)10-3-9-1-2-17-7-12(9)4-10/h3,5,8-9,12,17H,1-2,4,7H2/t9-,12-/m0/s1. The number of allylic oxidation sites excluding steroid dienone is 2. The summed E-state index contributed by atoms with van der Waals surface area (Å²) < 4.78 is 0.631. The van der Waals surface area contributed by atoms with Crippen molar-refractivity contribution >= 4 is 21.5 Å². The van der Waals surface area contributed by atoms with E-state index in [0.717, 1.165) is 31.0 Å². The van der Waals surface area contributed by atoms with Gasteiger partial charge in [-0.25, -0.2) is 4.98 Å². The molecular formula is C14H14BrN3. The van der Waals surface area contributed by atoms with E-state index >= 15 is 0 Å². The van der Waals surface area contributed by atoms with Gasteiger partial charge in [0.2, 0.25) is 0 Å². The van der Waals surface area contributed by atoms with E-state index in [0.29, 0.717) is 16.1 Å². The first-order chi connectivity index (χ1) is 8.78. The second-order valence-corrected chi connectivity index (χ2v) is 5.74. The van der Waals surface area contributed by atoms with Gasteiger partial charge in [0, 0.05) is 6.20 Å². The molecule has 0 spiro atoms. The highest BCUT2D eigenvalue weighted by Crippen LogP contribution is 2.39. The predicted octanol–water partition coefficient (Wildman–Crippen LogP) is 2.73. The summed E-state index contributed by atoms with van der Waals surface area (Å²) in [5, 5.41) is 12.5. The van der Waals surface area contributed by atoms with Gasteiger partial charge in [0.15, 0.2) is 0 Å². The van der Waals surface area contributed by atoms with Crippen LogP contribution in [0.2, 0.25) is 0 Å². The highest BCUT2D eigenvalue weighted by atomic mass is 79.9. The maximum atomic E-state index is 9.04.